The molecule has 3 heterocycles. The Hall–Kier alpha value is -4.24. The fraction of sp³-hybridized carbons (Fsp3) is 0.333. The zero-order chi connectivity index (χ0) is 27.2. The van der Waals surface area contributed by atoms with Crippen LogP contribution in [0.1, 0.15) is 41.7 Å². The summed E-state index contributed by atoms with van der Waals surface area (Å²) in [6, 6.07) is 17.2. The number of methoxy groups -OCH3 is 1. The molecule has 0 saturated carbocycles. The number of nitrogens with zero attached hydrogens (tertiary/aromatic N) is 5. The van der Waals surface area contributed by atoms with Crippen molar-refractivity contribution in [1.82, 2.24) is 24.2 Å². The third kappa shape index (κ3) is 6.43. The highest BCUT2D eigenvalue weighted by atomic mass is 16.5. The molecule has 1 aliphatic heterocycles. The van der Waals surface area contributed by atoms with Gasteiger partial charge in [0.15, 0.2) is 0 Å². The van der Waals surface area contributed by atoms with Gasteiger partial charge in [0.2, 0.25) is 11.9 Å². The van der Waals surface area contributed by atoms with Crippen molar-refractivity contribution >= 4 is 17.8 Å². The molecule has 0 unspecified atom stereocenters. The Labute approximate surface area is 228 Å². The minimum Gasteiger partial charge on any atom is -0.381 e. The maximum absolute atomic E-state index is 13.3. The number of hydrogen-bond donors (Lipinski definition) is 1. The normalized spacial score (nSPS) is 13.9. The summed E-state index contributed by atoms with van der Waals surface area (Å²) in [4.78, 5) is 32.7. The van der Waals surface area contributed by atoms with Gasteiger partial charge < -0.3 is 9.64 Å². The van der Waals surface area contributed by atoms with Crippen molar-refractivity contribution in [2.75, 3.05) is 25.5 Å². The summed E-state index contributed by atoms with van der Waals surface area (Å²) in [6.45, 7) is 1.50. The van der Waals surface area contributed by atoms with Gasteiger partial charge >= 0.3 is 0 Å². The molecule has 1 fully saturated rings. The van der Waals surface area contributed by atoms with Crippen LogP contribution in [0, 0.1) is 0 Å². The van der Waals surface area contributed by atoms with E-state index < -0.39 is 0 Å². The minimum absolute atomic E-state index is 0.175. The van der Waals surface area contributed by atoms with Crippen LogP contribution in [0.2, 0.25) is 0 Å². The molecule has 9 nitrogen and oxygen atoms in total. The fourth-order valence-electron chi connectivity index (χ4n) is 4.93. The average molecular weight is 527 g/mol. The maximum atomic E-state index is 13.3. The van der Waals surface area contributed by atoms with Crippen molar-refractivity contribution in [3.8, 4) is 16.8 Å². The van der Waals surface area contributed by atoms with Gasteiger partial charge in [-0.25, -0.2) is 4.98 Å². The van der Waals surface area contributed by atoms with Gasteiger partial charge in [0, 0.05) is 62.9 Å². The van der Waals surface area contributed by atoms with Crippen LogP contribution in [0.5, 0.6) is 0 Å². The van der Waals surface area contributed by atoms with Gasteiger partial charge in [0.05, 0.1) is 18.0 Å². The van der Waals surface area contributed by atoms with E-state index in [1.165, 1.54) is 0 Å². The summed E-state index contributed by atoms with van der Waals surface area (Å²) < 4.78 is 9.03. The second-order valence-electron chi connectivity index (χ2n) is 9.87. The number of para-hydroxylation sites is 1. The molecule has 2 aromatic carbocycles. The van der Waals surface area contributed by atoms with E-state index in [2.05, 4.69) is 10.4 Å². The Kier molecular flexibility index (Phi) is 8.17. The third-order valence-corrected chi connectivity index (χ3v) is 7.13. The van der Waals surface area contributed by atoms with Crippen molar-refractivity contribution in [3.05, 3.63) is 84.4 Å². The van der Waals surface area contributed by atoms with E-state index in [0.717, 1.165) is 48.4 Å². The maximum Gasteiger partial charge on any atom is 0.258 e. The van der Waals surface area contributed by atoms with Gasteiger partial charge in [-0.15, -0.1) is 0 Å². The molecule has 39 heavy (non-hydrogen) atoms. The second-order valence-corrected chi connectivity index (χ2v) is 9.87. The van der Waals surface area contributed by atoms with Gasteiger partial charge in [-0.05, 0) is 55.5 Å². The first kappa shape index (κ1) is 26.4. The number of amides is 2. The van der Waals surface area contributed by atoms with Gasteiger partial charge in [-0.3, -0.25) is 24.2 Å². The van der Waals surface area contributed by atoms with Crippen LogP contribution >= 0.6 is 0 Å². The van der Waals surface area contributed by atoms with E-state index in [4.69, 9.17) is 9.72 Å². The Balaban J connectivity index is 1.27. The SMILES string of the molecule is COC1CCN(C(=O)CCCc2cn(-c3ccccc3)c(NC(=O)c3cccc(-c4cnn(C)c4)c3)n2)CC1. The number of piperidine rings is 1. The predicted molar refractivity (Wildman–Crippen MR) is 150 cm³/mol. The van der Waals surface area contributed by atoms with Crippen molar-refractivity contribution in [2.45, 2.75) is 38.2 Å². The van der Waals surface area contributed by atoms with Gasteiger partial charge in [0.1, 0.15) is 0 Å². The molecule has 0 atom stereocenters. The molecule has 0 radical (unpaired) electrons. The number of benzene rings is 2. The minimum atomic E-state index is -0.246. The molecule has 2 amide bonds. The number of likely N-dealkylation sites (tertiary alicyclic amines) is 1. The first-order valence-corrected chi connectivity index (χ1v) is 13.3. The van der Waals surface area contributed by atoms with E-state index in [1.807, 2.05) is 77.4 Å². The molecule has 0 aliphatic carbocycles. The Morgan fingerprint density at radius 2 is 1.82 bits per heavy atom. The van der Waals surface area contributed by atoms with E-state index >= 15 is 0 Å². The number of nitrogens with one attached hydrogen (secondary N) is 1. The van der Waals surface area contributed by atoms with Crippen molar-refractivity contribution in [1.29, 1.82) is 0 Å². The first-order chi connectivity index (χ1) is 19.0. The highest BCUT2D eigenvalue weighted by molar-refractivity contribution is 6.04. The highest BCUT2D eigenvalue weighted by Gasteiger charge is 2.22. The number of carbonyl (C=O) groups is 2. The number of ether oxygens (including phenoxy) is 1. The topological polar surface area (TPSA) is 94.3 Å². The molecule has 4 aromatic rings. The van der Waals surface area contributed by atoms with Crippen LogP contribution in [0.4, 0.5) is 5.95 Å². The highest BCUT2D eigenvalue weighted by Crippen LogP contribution is 2.22. The number of hydrogen-bond acceptors (Lipinski definition) is 5. The zero-order valence-electron chi connectivity index (χ0n) is 22.4. The molecule has 202 valence electrons. The lowest BCUT2D eigenvalue weighted by molar-refractivity contribution is -0.133. The number of carbonyl (C=O) groups excluding carboxylic acids is 2. The summed E-state index contributed by atoms with van der Waals surface area (Å²) in [5.41, 5.74) is 4.11. The lowest BCUT2D eigenvalue weighted by Crippen LogP contribution is -2.40. The number of imidazole rings is 1. The molecule has 2 aromatic heterocycles. The number of aryl methyl sites for hydroxylation is 2. The molecule has 9 heteroatoms. The lowest BCUT2D eigenvalue weighted by atomic mass is 10.1. The van der Waals surface area contributed by atoms with Crippen molar-refractivity contribution in [3.63, 3.8) is 0 Å². The van der Waals surface area contributed by atoms with Crippen molar-refractivity contribution < 1.29 is 14.3 Å². The predicted octanol–water partition coefficient (Wildman–Crippen LogP) is 4.49. The van der Waals surface area contributed by atoms with Crippen LogP contribution in [-0.2, 0) is 23.0 Å². The Bertz CT molecular complexity index is 1420. The molecule has 1 saturated heterocycles. The van der Waals surface area contributed by atoms with Crippen LogP contribution in [0.3, 0.4) is 0 Å². The second kappa shape index (κ2) is 12.1. The molecule has 0 bridgehead atoms. The summed E-state index contributed by atoms with van der Waals surface area (Å²) in [5.74, 6) is 0.375. The standard InChI is InChI=1S/C30H34N6O3/c1-34-20-24(19-31-34)22-8-6-9-23(18-22)29(38)33-30-32-25(21-36(30)26-11-4-3-5-12-26)10-7-13-28(37)35-16-14-27(39-2)15-17-35/h3-6,8-9,11-12,18-21,27H,7,10,13-17H2,1-2H3,(H,32,33,38). The molecular weight excluding hydrogens is 492 g/mol. The van der Waals surface area contributed by atoms with E-state index in [1.54, 1.807) is 24.1 Å². The number of rotatable bonds is 9. The van der Waals surface area contributed by atoms with Gasteiger partial charge in [-0.1, -0.05) is 30.3 Å². The number of aromatic nitrogens is 4. The zero-order valence-corrected chi connectivity index (χ0v) is 22.4. The largest absolute Gasteiger partial charge is 0.381 e. The lowest BCUT2D eigenvalue weighted by Gasteiger charge is -2.31. The third-order valence-electron chi connectivity index (χ3n) is 7.13. The molecular formula is C30H34N6O3. The van der Waals surface area contributed by atoms with Crippen LogP contribution in [0.15, 0.2) is 73.2 Å². The molecule has 1 aliphatic rings. The Morgan fingerprint density at radius 1 is 1.03 bits per heavy atom. The summed E-state index contributed by atoms with van der Waals surface area (Å²) >= 11 is 0. The molecule has 5 rings (SSSR count). The average Bonchev–Trinajstić information content (AvgIpc) is 3.59. The van der Waals surface area contributed by atoms with E-state index in [9.17, 15) is 9.59 Å². The molecule has 0 spiro atoms. The smallest absolute Gasteiger partial charge is 0.258 e. The fourth-order valence-corrected chi connectivity index (χ4v) is 4.93. The quantitative estimate of drug-likeness (QED) is 0.347. The van der Waals surface area contributed by atoms with Crippen molar-refractivity contribution in [2.24, 2.45) is 7.05 Å². The molecule has 1 N–H and O–H groups in total. The van der Waals surface area contributed by atoms with Crippen LogP contribution in [-0.4, -0.2) is 62.3 Å². The van der Waals surface area contributed by atoms with Gasteiger partial charge in [0.25, 0.3) is 5.91 Å². The van der Waals surface area contributed by atoms with E-state index in [-0.39, 0.29) is 17.9 Å². The summed E-state index contributed by atoms with van der Waals surface area (Å²) in [7, 11) is 3.59. The van der Waals surface area contributed by atoms with Crippen LogP contribution in [0.25, 0.3) is 16.8 Å². The van der Waals surface area contributed by atoms with Crippen LogP contribution < -0.4 is 5.32 Å². The summed E-state index contributed by atoms with van der Waals surface area (Å²) in [6.07, 6.45) is 9.45. The Morgan fingerprint density at radius 3 is 2.54 bits per heavy atom. The number of anilines is 1. The summed E-state index contributed by atoms with van der Waals surface area (Å²) in [5, 5.41) is 7.22. The van der Waals surface area contributed by atoms with Gasteiger partial charge in [-0.2, -0.15) is 5.10 Å². The van der Waals surface area contributed by atoms with E-state index in [0.29, 0.717) is 30.8 Å². The first-order valence-electron chi connectivity index (χ1n) is 13.3. The monoisotopic (exact) mass is 526 g/mol.